The third kappa shape index (κ3) is 4.48. The third-order valence-corrected chi connectivity index (χ3v) is 5.75. The van der Waals surface area contributed by atoms with Gasteiger partial charge < -0.3 is 25.8 Å². The molecule has 3 amide bonds. The van der Waals surface area contributed by atoms with Gasteiger partial charge in [0.05, 0.1) is 11.7 Å². The number of H-pyrrole nitrogens is 1. The van der Waals surface area contributed by atoms with Gasteiger partial charge in [0, 0.05) is 23.6 Å². The van der Waals surface area contributed by atoms with Crippen LogP contribution in [-0.4, -0.2) is 59.3 Å². The van der Waals surface area contributed by atoms with E-state index in [9.17, 15) is 14.4 Å². The van der Waals surface area contributed by atoms with Crippen molar-refractivity contribution in [3.8, 4) is 0 Å². The molecular weight excluding hydrogens is 382 g/mol. The minimum atomic E-state index is -0.671. The Kier molecular flexibility index (Phi) is 6.77. The van der Waals surface area contributed by atoms with Gasteiger partial charge in [0.1, 0.15) is 12.1 Å². The SMILES string of the molecule is CN[C@H](C)C(=O)N[C@H](C(=O)N1CCC[C@H]1C(=O)Nc1cccc2[nH]ccc12)C(C)C. The molecule has 1 saturated heterocycles. The van der Waals surface area contributed by atoms with E-state index in [2.05, 4.69) is 20.9 Å². The normalized spacial score (nSPS) is 18.4. The first-order chi connectivity index (χ1) is 14.3. The molecule has 8 heteroatoms. The Hall–Kier alpha value is -2.87. The molecule has 162 valence electrons. The van der Waals surface area contributed by atoms with E-state index in [-0.39, 0.29) is 23.6 Å². The van der Waals surface area contributed by atoms with Gasteiger partial charge in [-0.3, -0.25) is 14.4 Å². The van der Waals surface area contributed by atoms with Crippen molar-refractivity contribution in [2.45, 2.75) is 51.7 Å². The number of amides is 3. The molecule has 30 heavy (non-hydrogen) atoms. The zero-order valence-electron chi connectivity index (χ0n) is 18.0. The minimum absolute atomic E-state index is 0.0941. The number of carbonyl (C=O) groups excluding carboxylic acids is 3. The molecule has 1 fully saturated rings. The summed E-state index contributed by atoms with van der Waals surface area (Å²) in [5.74, 6) is -0.738. The highest BCUT2D eigenvalue weighted by atomic mass is 16.2. The van der Waals surface area contributed by atoms with Gasteiger partial charge in [-0.2, -0.15) is 0 Å². The summed E-state index contributed by atoms with van der Waals surface area (Å²) in [5, 5.41) is 9.64. The van der Waals surface area contributed by atoms with Crippen LogP contribution in [0.2, 0.25) is 0 Å². The molecule has 3 atom stereocenters. The maximum atomic E-state index is 13.3. The van der Waals surface area contributed by atoms with Crippen LogP contribution in [-0.2, 0) is 14.4 Å². The van der Waals surface area contributed by atoms with Crippen molar-refractivity contribution in [2.75, 3.05) is 18.9 Å². The molecule has 4 N–H and O–H groups in total. The molecule has 2 heterocycles. The summed E-state index contributed by atoms with van der Waals surface area (Å²) < 4.78 is 0. The molecule has 1 aliphatic heterocycles. The lowest BCUT2D eigenvalue weighted by Crippen LogP contribution is -2.56. The Balaban J connectivity index is 1.74. The summed E-state index contributed by atoms with van der Waals surface area (Å²) >= 11 is 0. The Bertz CT molecular complexity index is 922. The predicted molar refractivity (Wildman–Crippen MR) is 117 cm³/mol. The molecule has 2 aromatic rings. The highest BCUT2D eigenvalue weighted by molar-refractivity contribution is 6.04. The number of likely N-dealkylation sites (tertiary alicyclic amines) is 1. The van der Waals surface area contributed by atoms with Crippen LogP contribution in [0.15, 0.2) is 30.5 Å². The molecule has 3 rings (SSSR count). The van der Waals surface area contributed by atoms with Gasteiger partial charge in [-0.1, -0.05) is 19.9 Å². The lowest BCUT2D eigenvalue weighted by molar-refractivity contribution is -0.141. The van der Waals surface area contributed by atoms with Crippen molar-refractivity contribution in [1.82, 2.24) is 20.5 Å². The lowest BCUT2D eigenvalue weighted by Gasteiger charge is -2.31. The van der Waals surface area contributed by atoms with Crippen molar-refractivity contribution >= 4 is 34.3 Å². The number of carbonyl (C=O) groups is 3. The van der Waals surface area contributed by atoms with E-state index in [1.807, 2.05) is 44.3 Å². The average molecular weight is 414 g/mol. The van der Waals surface area contributed by atoms with Crippen molar-refractivity contribution in [3.63, 3.8) is 0 Å². The minimum Gasteiger partial charge on any atom is -0.361 e. The van der Waals surface area contributed by atoms with E-state index < -0.39 is 18.1 Å². The molecular formula is C22H31N5O3. The number of likely N-dealkylation sites (N-methyl/N-ethyl adjacent to an activating group) is 1. The van der Waals surface area contributed by atoms with E-state index in [0.29, 0.717) is 13.0 Å². The van der Waals surface area contributed by atoms with Gasteiger partial charge in [-0.05, 0) is 50.9 Å². The van der Waals surface area contributed by atoms with E-state index in [1.54, 1.807) is 18.9 Å². The van der Waals surface area contributed by atoms with Crippen LogP contribution in [0.25, 0.3) is 10.9 Å². The maximum absolute atomic E-state index is 13.3. The second-order valence-electron chi connectivity index (χ2n) is 8.16. The van der Waals surface area contributed by atoms with Crippen LogP contribution in [0.5, 0.6) is 0 Å². The van der Waals surface area contributed by atoms with Gasteiger partial charge >= 0.3 is 0 Å². The number of hydrogen-bond acceptors (Lipinski definition) is 4. The van der Waals surface area contributed by atoms with Crippen molar-refractivity contribution in [2.24, 2.45) is 5.92 Å². The second kappa shape index (κ2) is 9.30. The molecule has 1 aromatic carbocycles. The number of fused-ring (bicyclic) bond motifs is 1. The molecule has 1 aromatic heterocycles. The van der Waals surface area contributed by atoms with Crippen LogP contribution in [0, 0.1) is 5.92 Å². The van der Waals surface area contributed by atoms with Crippen LogP contribution in [0.4, 0.5) is 5.69 Å². The van der Waals surface area contributed by atoms with Gasteiger partial charge in [0.15, 0.2) is 0 Å². The van der Waals surface area contributed by atoms with Crippen molar-refractivity contribution in [1.29, 1.82) is 0 Å². The topological polar surface area (TPSA) is 106 Å². The summed E-state index contributed by atoms with van der Waals surface area (Å²) in [7, 11) is 1.70. The number of benzene rings is 1. The molecule has 0 aliphatic carbocycles. The summed E-state index contributed by atoms with van der Waals surface area (Å²) in [6.07, 6.45) is 3.18. The first-order valence-electron chi connectivity index (χ1n) is 10.5. The molecule has 0 radical (unpaired) electrons. The van der Waals surface area contributed by atoms with Crippen molar-refractivity contribution < 1.29 is 14.4 Å². The molecule has 0 spiro atoms. The maximum Gasteiger partial charge on any atom is 0.247 e. The van der Waals surface area contributed by atoms with Gasteiger partial charge in [0.2, 0.25) is 17.7 Å². The molecule has 0 bridgehead atoms. The third-order valence-electron chi connectivity index (χ3n) is 5.75. The number of hydrogen-bond donors (Lipinski definition) is 4. The van der Waals surface area contributed by atoms with E-state index >= 15 is 0 Å². The monoisotopic (exact) mass is 413 g/mol. The van der Waals surface area contributed by atoms with Crippen LogP contribution >= 0.6 is 0 Å². The van der Waals surface area contributed by atoms with E-state index in [0.717, 1.165) is 23.0 Å². The highest BCUT2D eigenvalue weighted by Crippen LogP contribution is 2.25. The Labute approximate surface area is 176 Å². The van der Waals surface area contributed by atoms with Crippen LogP contribution < -0.4 is 16.0 Å². The van der Waals surface area contributed by atoms with Gasteiger partial charge in [-0.25, -0.2) is 0 Å². The molecule has 1 aliphatic rings. The fourth-order valence-electron chi connectivity index (χ4n) is 3.82. The number of aromatic nitrogens is 1. The Morgan fingerprint density at radius 3 is 2.63 bits per heavy atom. The Morgan fingerprint density at radius 2 is 1.93 bits per heavy atom. The smallest absolute Gasteiger partial charge is 0.247 e. The number of rotatable bonds is 7. The number of nitrogens with zero attached hydrogens (tertiary/aromatic N) is 1. The van der Waals surface area contributed by atoms with Crippen molar-refractivity contribution in [3.05, 3.63) is 30.5 Å². The second-order valence-corrected chi connectivity index (χ2v) is 8.16. The predicted octanol–water partition coefficient (Wildman–Crippen LogP) is 1.85. The zero-order valence-corrected chi connectivity index (χ0v) is 18.0. The average Bonchev–Trinajstić information content (AvgIpc) is 3.40. The quantitative estimate of drug-likeness (QED) is 0.556. The highest BCUT2D eigenvalue weighted by Gasteiger charge is 2.39. The van der Waals surface area contributed by atoms with Crippen LogP contribution in [0.3, 0.4) is 0 Å². The summed E-state index contributed by atoms with van der Waals surface area (Å²) in [6, 6.07) is 5.96. The zero-order chi connectivity index (χ0) is 21.8. The lowest BCUT2D eigenvalue weighted by atomic mass is 10.0. The van der Waals surface area contributed by atoms with E-state index in [4.69, 9.17) is 0 Å². The summed E-state index contributed by atoms with van der Waals surface area (Å²) in [4.78, 5) is 43.4. The van der Waals surface area contributed by atoms with Gasteiger partial charge in [-0.15, -0.1) is 0 Å². The summed E-state index contributed by atoms with van der Waals surface area (Å²) in [5.41, 5.74) is 1.66. The molecule has 8 nitrogen and oxygen atoms in total. The van der Waals surface area contributed by atoms with E-state index in [1.165, 1.54) is 0 Å². The molecule has 0 saturated carbocycles. The fraction of sp³-hybridized carbons (Fsp3) is 0.500. The van der Waals surface area contributed by atoms with Gasteiger partial charge in [0.25, 0.3) is 0 Å². The Morgan fingerprint density at radius 1 is 1.17 bits per heavy atom. The first kappa shape index (κ1) is 21.8. The first-order valence-corrected chi connectivity index (χ1v) is 10.5. The van der Waals surface area contributed by atoms with Crippen LogP contribution in [0.1, 0.15) is 33.6 Å². The molecule has 0 unspecified atom stereocenters. The fourth-order valence-corrected chi connectivity index (χ4v) is 3.82. The number of aromatic amines is 1. The number of nitrogens with one attached hydrogen (secondary N) is 4. The largest absolute Gasteiger partial charge is 0.361 e. The summed E-state index contributed by atoms with van der Waals surface area (Å²) in [6.45, 7) is 6.03. The number of anilines is 1. The standard InChI is InChI=1S/C22H31N5O3/c1-13(2)19(26-20(28)14(3)23-4)22(30)27-12-6-9-18(27)21(29)25-17-8-5-7-16-15(17)10-11-24-16/h5,7-8,10-11,13-14,18-19,23-24H,6,9,12H2,1-4H3,(H,25,29)(H,26,28)/t14-,18+,19+/m1/s1.